The molecule has 1 aromatic carbocycles. The van der Waals surface area contributed by atoms with Gasteiger partial charge in [0.15, 0.2) is 0 Å². The van der Waals surface area contributed by atoms with Crippen molar-refractivity contribution in [1.29, 1.82) is 0 Å². The van der Waals surface area contributed by atoms with E-state index in [-0.39, 0.29) is 11.5 Å². The maximum Gasteiger partial charge on any atom is 0.408 e. The number of aromatic nitrogens is 1. The number of alkyl carbamates (subject to hydrolysis) is 1. The van der Waals surface area contributed by atoms with Crippen LogP contribution in [0.2, 0.25) is 0 Å². The summed E-state index contributed by atoms with van der Waals surface area (Å²) in [4.78, 5) is 26.7. The highest BCUT2D eigenvalue weighted by Gasteiger charge is 2.46. The van der Waals surface area contributed by atoms with Crippen molar-refractivity contribution in [3.63, 3.8) is 0 Å². The van der Waals surface area contributed by atoms with E-state index in [1.165, 1.54) is 6.20 Å². The van der Waals surface area contributed by atoms with Crippen LogP contribution in [0.3, 0.4) is 0 Å². The predicted molar refractivity (Wildman–Crippen MR) is 101 cm³/mol. The molecule has 0 radical (unpaired) electrons. The van der Waals surface area contributed by atoms with Crippen LogP contribution >= 0.6 is 0 Å². The van der Waals surface area contributed by atoms with Crippen molar-refractivity contribution in [3.8, 4) is 11.1 Å². The molecule has 1 aromatic heterocycles. The third kappa shape index (κ3) is 3.99. The van der Waals surface area contributed by atoms with E-state index < -0.39 is 22.2 Å². The van der Waals surface area contributed by atoms with Crippen LogP contribution in [0.4, 0.5) is 16.3 Å². The van der Waals surface area contributed by atoms with Gasteiger partial charge in [-0.2, -0.15) is 0 Å². The summed E-state index contributed by atoms with van der Waals surface area (Å²) in [6.07, 6.45) is 2.61. The van der Waals surface area contributed by atoms with Crippen molar-refractivity contribution in [1.82, 2.24) is 10.3 Å². The second kappa shape index (κ2) is 6.53. The van der Waals surface area contributed by atoms with Gasteiger partial charge in [0.25, 0.3) is 0 Å². The minimum absolute atomic E-state index is 0.119. The first-order chi connectivity index (χ1) is 12.6. The molecule has 0 bridgehead atoms. The first kappa shape index (κ1) is 18.6. The van der Waals surface area contributed by atoms with Crippen molar-refractivity contribution in [3.05, 3.63) is 52.2 Å². The maximum atomic E-state index is 12.1. The van der Waals surface area contributed by atoms with E-state index in [0.717, 1.165) is 18.4 Å². The number of hydrogen-bond acceptors (Lipinski definition) is 6. The Morgan fingerprint density at radius 1 is 1.26 bits per heavy atom. The Labute approximate surface area is 156 Å². The van der Waals surface area contributed by atoms with E-state index in [1.54, 1.807) is 18.2 Å². The fraction of sp³-hybridized carbons (Fsp3) is 0.368. The third-order valence-electron chi connectivity index (χ3n) is 4.37. The summed E-state index contributed by atoms with van der Waals surface area (Å²) >= 11 is 0. The van der Waals surface area contributed by atoms with Crippen molar-refractivity contribution in [2.45, 2.75) is 44.8 Å². The summed E-state index contributed by atoms with van der Waals surface area (Å²) in [6, 6.07) is 8.86. The first-order valence-electron chi connectivity index (χ1n) is 8.62. The van der Waals surface area contributed by atoms with Crippen molar-refractivity contribution < 1.29 is 14.5 Å². The molecule has 0 unspecified atom stereocenters. The Kier molecular flexibility index (Phi) is 4.51. The lowest BCUT2D eigenvalue weighted by Crippen LogP contribution is -2.39. The molecule has 27 heavy (non-hydrogen) atoms. The number of carbonyl (C=O) groups is 1. The molecule has 142 valence electrons. The summed E-state index contributed by atoms with van der Waals surface area (Å²) in [6.45, 7) is 5.44. The number of nitrogens with one attached hydrogen (secondary N) is 1. The smallest absolute Gasteiger partial charge is 0.408 e. The number of ether oxygens (including phenoxy) is 1. The average molecular weight is 370 g/mol. The van der Waals surface area contributed by atoms with Gasteiger partial charge in [-0.15, -0.1) is 0 Å². The van der Waals surface area contributed by atoms with Crippen LogP contribution in [0.5, 0.6) is 0 Å². The minimum Gasteiger partial charge on any atom is -0.444 e. The van der Waals surface area contributed by atoms with Gasteiger partial charge in [0.2, 0.25) is 5.82 Å². The van der Waals surface area contributed by atoms with E-state index in [4.69, 9.17) is 10.5 Å². The van der Waals surface area contributed by atoms with Gasteiger partial charge in [0.05, 0.1) is 16.0 Å². The van der Waals surface area contributed by atoms with Gasteiger partial charge >= 0.3 is 11.8 Å². The number of carbonyl (C=O) groups excluding carboxylic acids is 1. The van der Waals surface area contributed by atoms with Crippen LogP contribution < -0.4 is 11.1 Å². The minimum atomic E-state index is -0.565. The number of benzene rings is 1. The molecule has 8 nitrogen and oxygen atoms in total. The summed E-state index contributed by atoms with van der Waals surface area (Å²) in [5.74, 6) is -0.119. The second-order valence-corrected chi connectivity index (χ2v) is 7.64. The number of nitro groups is 1. The lowest BCUT2D eigenvalue weighted by Gasteiger charge is -2.23. The van der Waals surface area contributed by atoms with Gasteiger partial charge in [-0.05, 0) is 50.8 Å². The van der Waals surface area contributed by atoms with E-state index >= 15 is 0 Å². The molecule has 0 aliphatic heterocycles. The van der Waals surface area contributed by atoms with Crippen LogP contribution in [-0.2, 0) is 10.3 Å². The van der Waals surface area contributed by atoms with Crippen LogP contribution in [0.25, 0.3) is 11.1 Å². The van der Waals surface area contributed by atoms with Crippen molar-refractivity contribution in [2.24, 2.45) is 0 Å². The molecule has 0 atom stereocenters. The highest BCUT2D eigenvalue weighted by atomic mass is 16.6. The van der Waals surface area contributed by atoms with Crippen LogP contribution in [0, 0.1) is 10.1 Å². The molecule has 3 N–H and O–H groups in total. The van der Waals surface area contributed by atoms with Gasteiger partial charge in [-0.1, -0.05) is 24.3 Å². The Morgan fingerprint density at radius 3 is 2.41 bits per heavy atom. The molecule has 1 aliphatic rings. The van der Waals surface area contributed by atoms with Crippen molar-refractivity contribution in [2.75, 3.05) is 5.73 Å². The molecular formula is C19H22N4O4. The number of amides is 1. The van der Waals surface area contributed by atoms with Gasteiger partial charge in [-0.3, -0.25) is 10.1 Å². The predicted octanol–water partition coefficient (Wildman–Crippen LogP) is 3.75. The zero-order valence-electron chi connectivity index (χ0n) is 15.5. The number of nitrogens with zero attached hydrogens (tertiary/aromatic N) is 2. The van der Waals surface area contributed by atoms with E-state index in [1.807, 2.05) is 32.9 Å². The fourth-order valence-corrected chi connectivity index (χ4v) is 2.97. The highest BCUT2D eigenvalue weighted by Crippen LogP contribution is 2.46. The molecule has 2 aromatic rings. The normalized spacial score (nSPS) is 15.1. The molecule has 1 fully saturated rings. The SMILES string of the molecule is CC(C)(C)OC(=O)NC1(c2ccc(-c3ccnc(N)c3[N+](=O)[O-])cc2)CC1. The monoisotopic (exact) mass is 370 g/mol. The molecule has 1 amide bonds. The lowest BCUT2D eigenvalue weighted by molar-refractivity contribution is -0.383. The van der Waals surface area contributed by atoms with Crippen molar-refractivity contribution >= 4 is 17.6 Å². The van der Waals surface area contributed by atoms with Gasteiger partial charge in [-0.25, -0.2) is 9.78 Å². The van der Waals surface area contributed by atoms with Crippen LogP contribution in [0.15, 0.2) is 36.5 Å². The maximum absolute atomic E-state index is 12.1. The molecule has 8 heteroatoms. The zero-order valence-corrected chi connectivity index (χ0v) is 15.5. The number of pyridine rings is 1. The fourth-order valence-electron chi connectivity index (χ4n) is 2.97. The second-order valence-electron chi connectivity index (χ2n) is 7.64. The average Bonchev–Trinajstić information content (AvgIpc) is 3.33. The zero-order chi connectivity index (χ0) is 19.8. The topological polar surface area (TPSA) is 120 Å². The Hall–Kier alpha value is -3.16. The quantitative estimate of drug-likeness (QED) is 0.624. The lowest BCUT2D eigenvalue weighted by atomic mass is 9.99. The van der Waals surface area contributed by atoms with E-state index in [2.05, 4.69) is 10.3 Å². The summed E-state index contributed by atoms with van der Waals surface area (Å²) < 4.78 is 5.34. The highest BCUT2D eigenvalue weighted by molar-refractivity contribution is 5.79. The summed E-state index contributed by atoms with van der Waals surface area (Å²) in [7, 11) is 0. The largest absolute Gasteiger partial charge is 0.444 e. The number of nitrogen functional groups attached to an aromatic ring is 1. The Bertz CT molecular complexity index is 884. The Morgan fingerprint density at radius 2 is 1.89 bits per heavy atom. The molecule has 1 saturated carbocycles. The standard InChI is InChI=1S/C19H22N4O4/c1-18(2,3)27-17(24)22-19(9-10-19)13-6-4-12(5-7-13)14-8-11-21-16(20)15(14)23(25)26/h4-8,11H,9-10H2,1-3H3,(H2,20,21)(H,22,24). The first-order valence-corrected chi connectivity index (χ1v) is 8.62. The van der Waals surface area contributed by atoms with Gasteiger partial charge in [0.1, 0.15) is 5.60 Å². The molecule has 0 saturated heterocycles. The molecule has 3 rings (SSSR count). The number of anilines is 1. The van der Waals surface area contributed by atoms with Gasteiger partial charge < -0.3 is 15.8 Å². The molecule has 0 spiro atoms. The number of rotatable bonds is 4. The third-order valence-corrected chi connectivity index (χ3v) is 4.37. The molecule has 1 aliphatic carbocycles. The number of hydrogen-bond donors (Lipinski definition) is 2. The van der Waals surface area contributed by atoms with Crippen LogP contribution in [0.1, 0.15) is 39.2 Å². The Balaban J connectivity index is 1.84. The summed E-state index contributed by atoms with van der Waals surface area (Å²) in [5, 5.41) is 14.3. The number of nitrogens with two attached hydrogens (primary N) is 1. The van der Waals surface area contributed by atoms with Crippen LogP contribution in [-0.4, -0.2) is 21.6 Å². The van der Waals surface area contributed by atoms with E-state index in [0.29, 0.717) is 11.1 Å². The molecule has 1 heterocycles. The summed E-state index contributed by atoms with van der Waals surface area (Å²) in [5.41, 5.74) is 6.44. The van der Waals surface area contributed by atoms with E-state index in [9.17, 15) is 14.9 Å². The van der Waals surface area contributed by atoms with Gasteiger partial charge in [0, 0.05) is 6.20 Å². The molecular weight excluding hydrogens is 348 g/mol.